The molecule has 0 saturated carbocycles. The van der Waals surface area contributed by atoms with E-state index in [1.807, 2.05) is 25.7 Å². The maximum Gasteiger partial charge on any atom is 0.222 e. The Kier molecular flexibility index (Phi) is 6.24. The van der Waals surface area contributed by atoms with Crippen LogP contribution in [0.2, 0.25) is 0 Å². The van der Waals surface area contributed by atoms with Crippen molar-refractivity contribution in [2.75, 3.05) is 13.1 Å². The summed E-state index contributed by atoms with van der Waals surface area (Å²) in [5, 5.41) is 4.61. The molecule has 0 aromatic carbocycles. The Balaban J connectivity index is 2.73. The third-order valence-electron chi connectivity index (χ3n) is 3.77. The number of carbonyl (C=O) groups is 1. The van der Waals surface area contributed by atoms with Crippen molar-refractivity contribution in [3.8, 4) is 0 Å². The summed E-state index contributed by atoms with van der Waals surface area (Å²) in [4.78, 5) is 14.0. The molecule has 0 spiro atoms. The molecule has 1 amide bonds. The summed E-state index contributed by atoms with van der Waals surface area (Å²) in [6.07, 6.45) is 1.38. The molecule has 20 heavy (non-hydrogen) atoms. The van der Waals surface area contributed by atoms with Gasteiger partial charge in [0.25, 0.3) is 0 Å². The first-order chi connectivity index (χ1) is 9.40. The molecule has 0 N–H and O–H groups in total. The molecule has 1 aromatic rings. The van der Waals surface area contributed by atoms with Gasteiger partial charge in [0, 0.05) is 31.7 Å². The molecule has 0 bridgehead atoms. The maximum absolute atomic E-state index is 12.1. The third-order valence-corrected chi connectivity index (χ3v) is 3.77. The van der Waals surface area contributed by atoms with Gasteiger partial charge in [-0.2, -0.15) is 5.10 Å². The molecule has 0 saturated heterocycles. The molecule has 0 unspecified atom stereocenters. The predicted molar refractivity (Wildman–Crippen MR) is 82.8 cm³/mol. The molecule has 0 aliphatic heterocycles. The molecule has 1 aromatic heterocycles. The highest BCUT2D eigenvalue weighted by Crippen LogP contribution is 2.17. The van der Waals surface area contributed by atoms with Crippen LogP contribution in [-0.4, -0.2) is 33.7 Å². The second-order valence-corrected chi connectivity index (χ2v) is 5.79. The molecular formula is C16H29N3O. The van der Waals surface area contributed by atoms with Crippen LogP contribution in [0, 0.1) is 19.8 Å². The van der Waals surface area contributed by atoms with Crippen LogP contribution in [0.5, 0.6) is 0 Å². The average molecular weight is 279 g/mol. The van der Waals surface area contributed by atoms with E-state index in [0.29, 0.717) is 12.3 Å². The van der Waals surface area contributed by atoms with Gasteiger partial charge in [-0.3, -0.25) is 9.48 Å². The number of hydrogen-bond donors (Lipinski definition) is 0. The SMILES string of the molecule is CCN(CC)C(=O)CCc1c(C)nn(CC(C)C)c1C. The van der Waals surface area contributed by atoms with Crippen molar-refractivity contribution >= 4 is 5.91 Å². The molecule has 1 heterocycles. The van der Waals surface area contributed by atoms with Crippen molar-refractivity contribution in [1.82, 2.24) is 14.7 Å². The van der Waals surface area contributed by atoms with Gasteiger partial charge in [0.1, 0.15) is 0 Å². The number of nitrogens with zero attached hydrogens (tertiary/aromatic N) is 3. The number of rotatable bonds is 7. The van der Waals surface area contributed by atoms with E-state index >= 15 is 0 Å². The van der Waals surface area contributed by atoms with Crippen LogP contribution < -0.4 is 0 Å². The average Bonchev–Trinajstić information content (AvgIpc) is 2.63. The second-order valence-electron chi connectivity index (χ2n) is 5.79. The predicted octanol–water partition coefficient (Wildman–Crippen LogP) is 2.96. The minimum Gasteiger partial charge on any atom is -0.343 e. The molecule has 0 radical (unpaired) electrons. The van der Waals surface area contributed by atoms with Gasteiger partial charge in [-0.25, -0.2) is 0 Å². The summed E-state index contributed by atoms with van der Waals surface area (Å²) < 4.78 is 2.08. The van der Waals surface area contributed by atoms with E-state index in [9.17, 15) is 4.79 Å². The smallest absolute Gasteiger partial charge is 0.222 e. The number of amides is 1. The Morgan fingerprint density at radius 3 is 2.35 bits per heavy atom. The van der Waals surface area contributed by atoms with Gasteiger partial charge in [-0.1, -0.05) is 13.8 Å². The van der Waals surface area contributed by atoms with E-state index in [-0.39, 0.29) is 5.91 Å². The van der Waals surface area contributed by atoms with Gasteiger partial charge in [-0.05, 0) is 45.6 Å². The van der Waals surface area contributed by atoms with Crippen molar-refractivity contribution in [2.24, 2.45) is 5.92 Å². The van der Waals surface area contributed by atoms with Crippen molar-refractivity contribution in [3.05, 3.63) is 17.0 Å². The van der Waals surface area contributed by atoms with E-state index in [0.717, 1.165) is 31.7 Å². The fraction of sp³-hybridized carbons (Fsp3) is 0.750. The van der Waals surface area contributed by atoms with Crippen molar-refractivity contribution in [1.29, 1.82) is 0 Å². The summed E-state index contributed by atoms with van der Waals surface area (Å²) in [7, 11) is 0. The standard InChI is InChI=1S/C16H29N3O/c1-7-18(8-2)16(20)10-9-15-13(5)17-19(14(15)6)11-12(3)4/h12H,7-11H2,1-6H3. The first-order valence-corrected chi connectivity index (χ1v) is 7.71. The Morgan fingerprint density at radius 2 is 1.85 bits per heavy atom. The lowest BCUT2D eigenvalue weighted by Gasteiger charge is -2.18. The van der Waals surface area contributed by atoms with Crippen molar-refractivity contribution < 1.29 is 4.79 Å². The summed E-state index contributed by atoms with van der Waals surface area (Å²) in [5.74, 6) is 0.823. The minimum absolute atomic E-state index is 0.241. The molecule has 0 aliphatic carbocycles. The molecule has 0 aliphatic rings. The van der Waals surface area contributed by atoms with Crippen LogP contribution in [-0.2, 0) is 17.8 Å². The van der Waals surface area contributed by atoms with Crippen LogP contribution in [0.25, 0.3) is 0 Å². The molecule has 0 fully saturated rings. The zero-order valence-electron chi connectivity index (χ0n) is 13.9. The van der Waals surface area contributed by atoms with Crippen LogP contribution in [0.4, 0.5) is 0 Å². The molecule has 1 rings (SSSR count). The van der Waals surface area contributed by atoms with Crippen molar-refractivity contribution in [2.45, 2.75) is 60.9 Å². The number of hydrogen-bond acceptors (Lipinski definition) is 2. The number of aryl methyl sites for hydroxylation is 1. The summed E-state index contributed by atoms with van der Waals surface area (Å²) in [5.41, 5.74) is 3.52. The molecule has 4 heteroatoms. The molecule has 4 nitrogen and oxygen atoms in total. The highest BCUT2D eigenvalue weighted by atomic mass is 16.2. The fourth-order valence-corrected chi connectivity index (χ4v) is 2.59. The molecule has 114 valence electrons. The summed E-state index contributed by atoms with van der Waals surface area (Å²) >= 11 is 0. The molecule has 0 atom stereocenters. The Labute approximate surface area is 123 Å². The van der Waals surface area contributed by atoms with Crippen molar-refractivity contribution in [3.63, 3.8) is 0 Å². The lowest BCUT2D eigenvalue weighted by Crippen LogP contribution is -2.30. The number of aromatic nitrogens is 2. The highest BCUT2D eigenvalue weighted by molar-refractivity contribution is 5.76. The third kappa shape index (κ3) is 4.09. The summed E-state index contributed by atoms with van der Waals surface area (Å²) in [6, 6.07) is 0. The Hall–Kier alpha value is -1.32. The van der Waals surface area contributed by atoms with E-state index < -0.39 is 0 Å². The topological polar surface area (TPSA) is 38.1 Å². The number of carbonyl (C=O) groups excluding carboxylic acids is 1. The highest BCUT2D eigenvalue weighted by Gasteiger charge is 2.15. The maximum atomic E-state index is 12.1. The van der Waals surface area contributed by atoms with Gasteiger partial charge in [0.2, 0.25) is 5.91 Å². The van der Waals surface area contributed by atoms with Crippen LogP contribution in [0.3, 0.4) is 0 Å². The lowest BCUT2D eigenvalue weighted by atomic mass is 10.1. The quantitative estimate of drug-likeness (QED) is 0.769. The normalized spacial score (nSPS) is 11.2. The minimum atomic E-state index is 0.241. The van der Waals surface area contributed by atoms with Gasteiger partial charge >= 0.3 is 0 Å². The first kappa shape index (κ1) is 16.7. The molecular weight excluding hydrogens is 250 g/mol. The van der Waals surface area contributed by atoms with E-state index in [1.54, 1.807) is 0 Å². The second kappa shape index (κ2) is 7.46. The van der Waals surface area contributed by atoms with Gasteiger partial charge in [0.15, 0.2) is 0 Å². The van der Waals surface area contributed by atoms with E-state index in [2.05, 4.69) is 30.6 Å². The van der Waals surface area contributed by atoms with Crippen LogP contribution >= 0.6 is 0 Å². The fourth-order valence-electron chi connectivity index (χ4n) is 2.59. The van der Waals surface area contributed by atoms with E-state index in [1.165, 1.54) is 11.3 Å². The zero-order valence-corrected chi connectivity index (χ0v) is 13.9. The monoisotopic (exact) mass is 279 g/mol. The largest absolute Gasteiger partial charge is 0.343 e. The van der Waals surface area contributed by atoms with E-state index in [4.69, 9.17) is 0 Å². The van der Waals surface area contributed by atoms with Gasteiger partial charge in [-0.15, -0.1) is 0 Å². The lowest BCUT2D eigenvalue weighted by molar-refractivity contribution is -0.130. The zero-order chi connectivity index (χ0) is 15.3. The summed E-state index contributed by atoms with van der Waals surface area (Å²) in [6.45, 7) is 15.1. The Bertz CT molecular complexity index is 445. The Morgan fingerprint density at radius 1 is 1.25 bits per heavy atom. The van der Waals surface area contributed by atoms with Gasteiger partial charge in [0.05, 0.1) is 5.69 Å². The van der Waals surface area contributed by atoms with Crippen LogP contribution in [0.15, 0.2) is 0 Å². The van der Waals surface area contributed by atoms with Crippen LogP contribution in [0.1, 0.15) is 51.1 Å². The van der Waals surface area contributed by atoms with Gasteiger partial charge < -0.3 is 4.90 Å². The first-order valence-electron chi connectivity index (χ1n) is 7.71.